The van der Waals surface area contributed by atoms with Gasteiger partial charge >= 0.3 is 17.8 Å². The van der Waals surface area contributed by atoms with Crippen LogP contribution in [0.15, 0.2) is 55.0 Å². The molecule has 0 saturated carbocycles. The Morgan fingerprint density at radius 3 is 2.69 bits per heavy atom. The first-order valence-electron chi connectivity index (χ1n) is 12.3. The number of fused-ring (bicyclic) bond motifs is 1. The summed E-state index contributed by atoms with van der Waals surface area (Å²) in [5.74, 6) is 0.537. The molecule has 0 fully saturated rings. The van der Waals surface area contributed by atoms with E-state index in [0.29, 0.717) is 32.5 Å². The summed E-state index contributed by atoms with van der Waals surface area (Å²) in [4.78, 5) is 38.9. The van der Waals surface area contributed by atoms with Crippen molar-refractivity contribution in [1.29, 1.82) is 0 Å². The number of benzene rings is 1. The monoisotopic (exact) mass is 580 g/mol. The Balaban J connectivity index is 1.46. The molecule has 1 aromatic carbocycles. The summed E-state index contributed by atoms with van der Waals surface area (Å²) >= 11 is 0. The number of pyridine rings is 1. The molecule has 12 nitrogen and oxygen atoms in total. The second-order valence-corrected chi connectivity index (χ2v) is 9.85. The van der Waals surface area contributed by atoms with Crippen molar-refractivity contribution in [3.8, 4) is 12.3 Å². The first kappa shape index (κ1) is 29.6. The van der Waals surface area contributed by atoms with Crippen LogP contribution >= 0.6 is 0 Å². The van der Waals surface area contributed by atoms with E-state index in [1.807, 2.05) is 6.07 Å². The van der Waals surface area contributed by atoms with E-state index in [4.69, 9.17) is 6.42 Å². The van der Waals surface area contributed by atoms with Gasteiger partial charge in [-0.25, -0.2) is 15.0 Å². The van der Waals surface area contributed by atoms with E-state index in [0.717, 1.165) is 7.05 Å². The Morgan fingerprint density at radius 2 is 2.00 bits per heavy atom. The minimum absolute atomic E-state index is 0.00290. The Kier molecular flexibility index (Phi) is 8.20. The van der Waals surface area contributed by atoms with E-state index in [1.54, 1.807) is 38.4 Å². The fourth-order valence-electron chi connectivity index (χ4n) is 4.13. The topological polar surface area (TPSA) is 141 Å². The average Bonchev–Trinajstić information content (AvgIpc) is 3.25. The number of terminal acetylenes is 1. The molecule has 0 unspecified atom stereocenters. The zero-order chi connectivity index (χ0) is 30.7. The largest absolute Gasteiger partial charge is 0.475 e. The molecule has 2 N–H and O–H groups in total. The molecule has 0 aliphatic carbocycles. The van der Waals surface area contributed by atoms with E-state index in [9.17, 15) is 28.1 Å². The number of nitrogens with one attached hydrogen (secondary N) is 2. The van der Waals surface area contributed by atoms with Gasteiger partial charge in [0.2, 0.25) is 5.91 Å². The van der Waals surface area contributed by atoms with Crippen LogP contribution in [-0.2, 0) is 24.6 Å². The average molecular weight is 581 g/mol. The predicted molar refractivity (Wildman–Crippen MR) is 148 cm³/mol. The van der Waals surface area contributed by atoms with E-state index in [2.05, 4.69) is 36.5 Å². The molecule has 3 heterocycles. The molecule has 0 bridgehead atoms. The fourth-order valence-corrected chi connectivity index (χ4v) is 4.13. The number of alkyl halides is 3. The number of hydrogen-bond acceptors (Lipinski definition) is 8. The summed E-state index contributed by atoms with van der Waals surface area (Å²) in [5.41, 5.74) is 1.74. The van der Waals surface area contributed by atoms with Crippen molar-refractivity contribution in [1.82, 2.24) is 24.5 Å². The highest BCUT2D eigenvalue weighted by molar-refractivity contribution is 6.00. The molecule has 0 saturated heterocycles. The van der Waals surface area contributed by atoms with Gasteiger partial charge in [-0.05, 0) is 40.2 Å². The molecular weight excluding hydrogens is 555 g/mol. The standard InChI is InChI=1S/C27H24F3N9O3/c1-5-17-8-6-9-18(12-17)34-24-19-13-22(31-14-20(19)32-16-33-24)35-23(40)10-7-11-39(3,4)15-21-25(38(41)42)36-26(37(21)2)27(28,29)30/h1,6-10,12-14,16H,11,15H2,2-4H3,(H-,31,32,33,34,35,40)/p+1. The molecule has 42 heavy (non-hydrogen) atoms. The van der Waals surface area contributed by atoms with Gasteiger partial charge in [0.1, 0.15) is 24.5 Å². The summed E-state index contributed by atoms with van der Waals surface area (Å²) in [6.07, 6.45) is 6.25. The molecule has 0 aliphatic rings. The molecule has 1 amide bonds. The number of amides is 1. The SMILES string of the molecule is C#Cc1cccc(Nc2ncnc3cnc(NC(=O)C=CC[N+](C)(C)Cc4c([N+](=O)[O-])nc(C(F)(F)F)n4C)cc23)c1. The molecular formula is C27H25F3N9O3+. The van der Waals surface area contributed by atoms with Gasteiger partial charge in [-0.3, -0.25) is 9.36 Å². The highest BCUT2D eigenvalue weighted by Crippen LogP contribution is 2.33. The minimum Gasteiger partial charge on any atom is -0.358 e. The normalized spacial score (nSPS) is 11.9. The summed E-state index contributed by atoms with van der Waals surface area (Å²) in [6.45, 7) is 0.0228. The van der Waals surface area contributed by atoms with Gasteiger partial charge in [0.25, 0.3) is 0 Å². The molecule has 15 heteroatoms. The van der Waals surface area contributed by atoms with Crippen LogP contribution in [0.1, 0.15) is 17.1 Å². The molecule has 4 aromatic rings. The first-order valence-corrected chi connectivity index (χ1v) is 12.3. The van der Waals surface area contributed by atoms with Crippen LogP contribution in [0.25, 0.3) is 10.9 Å². The van der Waals surface area contributed by atoms with Crippen LogP contribution in [0, 0.1) is 22.5 Å². The van der Waals surface area contributed by atoms with Crippen LogP contribution in [0.5, 0.6) is 0 Å². The Labute approximate surface area is 237 Å². The molecule has 0 aliphatic heterocycles. The van der Waals surface area contributed by atoms with Crippen molar-refractivity contribution >= 4 is 40.0 Å². The van der Waals surface area contributed by atoms with Crippen LogP contribution < -0.4 is 10.6 Å². The zero-order valence-electron chi connectivity index (χ0n) is 22.7. The van der Waals surface area contributed by atoms with E-state index in [-0.39, 0.29) is 29.1 Å². The molecule has 3 aromatic heterocycles. The minimum atomic E-state index is -4.85. The second-order valence-electron chi connectivity index (χ2n) is 9.85. The van der Waals surface area contributed by atoms with E-state index >= 15 is 0 Å². The molecule has 0 radical (unpaired) electrons. The number of halogens is 3. The summed E-state index contributed by atoms with van der Waals surface area (Å²) in [5, 5.41) is 17.8. The second kappa shape index (κ2) is 11.6. The van der Waals surface area contributed by atoms with Crippen LogP contribution in [0.3, 0.4) is 0 Å². The number of aromatic nitrogens is 5. The van der Waals surface area contributed by atoms with Gasteiger partial charge in [0, 0.05) is 29.8 Å². The lowest BCUT2D eigenvalue weighted by molar-refractivity contribution is -0.898. The number of anilines is 3. The Hall–Kier alpha value is -5.36. The lowest BCUT2D eigenvalue weighted by Crippen LogP contribution is -2.39. The van der Waals surface area contributed by atoms with Crippen molar-refractivity contribution in [2.75, 3.05) is 31.3 Å². The third-order valence-corrected chi connectivity index (χ3v) is 6.13. The van der Waals surface area contributed by atoms with Gasteiger partial charge in [-0.2, -0.15) is 13.2 Å². The Bertz CT molecular complexity index is 1740. The van der Waals surface area contributed by atoms with Crippen LogP contribution in [0.2, 0.25) is 0 Å². The summed E-state index contributed by atoms with van der Waals surface area (Å²) in [7, 11) is 4.40. The number of imidazole rings is 1. The number of nitro groups is 1. The number of quaternary nitrogens is 1. The van der Waals surface area contributed by atoms with Gasteiger partial charge in [-0.15, -0.1) is 6.42 Å². The zero-order valence-corrected chi connectivity index (χ0v) is 22.7. The quantitative estimate of drug-likeness (QED) is 0.0988. The van der Waals surface area contributed by atoms with Crippen molar-refractivity contribution < 1.29 is 27.4 Å². The first-order chi connectivity index (χ1) is 19.8. The predicted octanol–water partition coefficient (Wildman–Crippen LogP) is 4.18. The van der Waals surface area contributed by atoms with Crippen molar-refractivity contribution in [2.45, 2.75) is 12.7 Å². The maximum atomic E-state index is 13.3. The van der Waals surface area contributed by atoms with Crippen molar-refractivity contribution in [3.63, 3.8) is 0 Å². The number of nitrogens with zero attached hydrogens (tertiary/aromatic N) is 7. The van der Waals surface area contributed by atoms with Gasteiger partial charge in [-0.1, -0.05) is 12.0 Å². The number of carbonyl (C=O) groups is 1. The molecule has 4 rings (SSSR count). The van der Waals surface area contributed by atoms with Crippen LogP contribution in [-0.4, -0.2) is 60.5 Å². The highest BCUT2D eigenvalue weighted by Gasteiger charge is 2.45. The highest BCUT2D eigenvalue weighted by atomic mass is 19.4. The third kappa shape index (κ3) is 6.85. The molecule has 0 spiro atoms. The van der Waals surface area contributed by atoms with Gasteiger partial charge in [0.15, 0.2) is 5.69 Å². The van der Waals surface area contributed by atoms with Crippen molar-refractivity contribution in [3.05, 3.63) is 82.2 Å². The molecule has 216 valence electrons. The van der Waals surface area contributed by atoms with E-state index in [1.165, 1.54) is 24.7 Å². The van der Waals surface area contributed by atoms with Crippen LogP contribution in [0.4, 0.5) is 36.3 Å². The maximum Gasteiger partial charge on any atom is 0.475 e. The number of hydrogen-bond donors (Lipinski definition) is 2. The third-order valence-electron chi connectivity index (χ3n) is 6.13. The smallest absolute Gasteiger partial charge is 0.358 e. The lowest BCUT2D eigenvalue weighted by atomic mass is 10.2. The van der Waals surface area contributed by atoms with Crippen molar-refractivity contribution in [2.24, 2.45) is 7.05 Å². The number of likely N-dealkylation sites (N-methyl/N-ethyl adjacent to an activating group) is 1. The molecule has 0 atom stereocenters. The number of carbonyl (C=O) groups excluding carboxylic acids is 1. The Morgan fingerprint density at radius 1 is 1.24 bits per heavy atom. The van der Waals surface area contributed by atoms with E-state index < -0.39 is 28.6 Å². The maximum absolute atomic E-state index is 13.3. The van der Waals surface area contributed by atoms with Gasteiger partial charge < -0.3 is 25.2 Å². The fraction of sp³-hybridized carbons (Fsp3) is 0.222. The van der Waals surface area contributed by atoms with Gasteiger partial charge in [0.05, 0.1) is 32.4 Å². The lowest BCUT2D eigenvalue weighted by Gasteiger charge is -2.28. The number of rotatable bonds is 9. The summed E-state index contributed by atoms with van der Waals surface area (Å²) < 4.78 is 40.4. The summed E-state index contributed by atoms with van der Waals surface area (Å²) in [6, 6.07) is 8.81.